The summed E-state index contributed by atoms with van der Waals surface area (Å²) in [6.45, 7) is 4.78. The summed E-state index contributed by atoms with van der Waals surface area (Å²) in [5.41, 5.74) is 1.70. The van der Waals surface area contributed by atoms with Crippen molar-refractivity contribution in [1.29, 1.82) is 0 Å². The normalized spacial score (nSPS) is 18.0. The summed E-state index contributed by atoms with van der Waals surface area (Å²) >= 11 is 0. The first-order chi connectivity index (χ1) is 12.5. The molecule has 26 heavy (non-hydrogen) atoms. The molecule has 2 aromatic rings. The standard InChI is InChI=1S/C21H23FN2O2/c1-3-23(15(2)16-9-11-18(22)12-10-16)21(26)17-13-20(25)24(14-17)19-7-5-4-6-8-19/h4-12,15,17H,3,13-14H2,1-2H3. The lowest BCUT2D eigenvalue weighted by molar-refractivity contribution is -0.137. The predicted molar refractivity (Wildman–Crippen MR) is 99.1 cm³/mol. The summed E-state index contributed by atoms with van der Waals surface area (Å²) in [5, 5.41) is 0. The Balaban J connectivity index is 1.75. The van der Waals surface area contributed by atoms with E-state index in [1.807, 2.05) is 44.2 Å². The molecular weight excluding hydrogens is 331 g/mol. The van der Waals surface area contributed by atoms with Gasteiger partial charge >= 0.3 is 0 Å². The highest BCUT2D eigenvalue weighted by molar-refractivity contribution is 6.00. The molecule has 2 atom stereocenters. The molecule has 0 spiro atoms. The predicted octanol–water partition coefficient (Wildman–Crippen LogP) is 3.79. The molecule has 1 aliphatic heterocycles. The van der Waals surface area contributed by atoms with Crippen LogP contribution in [0.5, 0.6) is 0 Å². The van der Waals surface area contributed by atoms with E-state index in [0.717, 1.165) is 11.3 Å². The van der Waals surface area contributed by atoms with Gasteiger partial charge in [-0.25, -0.2) is 4.39 Å². The third-order valence-corrected chi connectivity index (χ3v) is 4.99. The summed E-state index contributed by atoms with van der Waals surface area (Å²) in [5.74, 6) is -0.711. The highest BCUT2D eigenvalue weighted by Gasteiger charge is 2.38. The number of para-hydroxylation sites is 1. The van der Waals surface area contributed by atoms with Gasteiger partial charge in [-0.1, -0.05) is 30.3 Å². The van der Waals surface area contributed by atoms with E-state index in [0.29, 0.717) is 13.1 Å². The van der Waals surface area contributed by atoms with Crippen molar-refractivity contribution in [3.05, 3.63) is 66.0 Å². The second-order valence-electron chi connectivity index (χ2n) is 6.59. The van der Waals surface area contributed by atoms with Crippen LogP contribution in [0.4, 0.5) is 10.1 Å². The van der Waals surface area contributed by atoms with Gasteiger partial charge in [0.25, 0.3) is 0 Å². The van der Waals surface area contributed by atoms with Gasteiger partial charge in [-0.15, -0.1) is 0 Å². The third kappa shape index (κ3) is 3.62. The summed E-state index contributed by atoms with van der Waals surface area (Å²) in [4.78, 5) is 28.9. The van der Waals surface area contributed by atoms with Gasteiger partial charge in [0.2, 0.25) is 11.8 Å². The first kappa shape index (κ1) is 18.1. The Bertz CT molecular complexity index is 776. The van der Waals surface area contributed by atoms with Gasteiger partial charge in [-0.05, 0) is 43.7 Å². The molecule has 136 valence electrons. The van der Waals surface area contributed by atoms with Gasteiger partial charge in [0.05, 0.1) is 12.0 Å². The zero-order chi connectivity index (χ0) is 18.7. The second-order valence-corrected chi connectivity index (χ2v) is 6.59. The van der Waals surface area contributed by atoms with Crippen LogP contribution in [0.15, 0.2) is 54.6 Å². The zero-order valence-corrected chi connectivity index (χ0v) is 15.1. The number of rotatable bonds is 5. The Hall–Kier alpha value is -2.69. The molecule has 0 aliphatic carbocycles. The number of halogens is 1. The first-order valence-electron chi connectivity index (χ1n) is 8.92. The van der Waals surface area contributed by atoms with Crippen LogP contribution in [-0.4, -0.2) is 29.8 Å². The van der Waals surface area contributed by atoms with E-state index in [1.165, 1.54) is 12.1 Å². The van der Waals surface area contributed by atoms with E-state index in [1.54, 1.807) is 21.9 Å². The number of hydrogen-bond acceptors (Lipinski definition) is 2. The monoisotopic (exact) mass is 354 g/mol. The second kappa shape index (κ2) is 7.68. The van der Waals surface area contributed by atoms with Gasteiger partial charge in [-0.2, -0.15) is 0 Å². The maximum absolute atomic E-state index is 13.2. The Morgan fingerprint density at radius 1 is 1.19 bits per heavy atom. The van der Waals surface area contributed by atoms with Crippen LogP contribution in [0.25, 0.3) is 0 Å². The molecule has 2 aromatic carbocycles. The fourth-order valence-electron chi connectivity index (χ4n) is 3.51. The van der Waals surface area contributed by atoms with Crippen molar-refractivity contribution in [1.82, 2.24) is 4.90 Å². The maximum Gasteiger partial charge on any atom is 0.228 e. The first-order valence-corrected chi connectivity index (χ1v) is 8.92. The van der Waals surface area contributed by atoms with Crippen molar-refractivity contribution in [3.8, 4) is 0 Å². The van der Waals surface area contributed by atoms with Crippen molar-refractivity contribution < 1.29 is 14.0 Å². The average molecular weight is 354 g/mol. The number of carbonyl (C=O) groups is 2. The zero-order valence-electron chi connectivity index (χ0n) is 15.1. The topological polar surface area (TPSA) is 40.6 Å². The molecule has 0 N–H and O–H groups in total. The van der Waals surface area contributed by atoms with Crippen molar-refractivity contribution in [2.75, 3.05) is 18.0 Å². The highest BCUT2D eigenvalue weighted by Crippen LogP contribution is 2.29. The Labute approximate surface area is 153 Å². The molecule has 0 bridgehead atoms. The molecule has 0 aromatic heterocycles. The summed E-state index contributed by atoms with van der Waals surface area (Å²) in [7, 11) is 0. The lowest BCUT2D eigenvalue weighted by atomic mass is 10.0. The fraction of sp³-hybridized carbons (Fsp3) is 0.333. The van der Waals surface area contributed by atoms with Crippen molar-refractivity contribution in [3.63, 3.8) is 0 Å². The smallest absolute Gasteiger partial charge is 0.228 e. The molecule has 3 rings (SSSR count). The Kier molecular flexibility index (Phi) is 5.35. The quantitative estimate of drug-likeness (QED) is 0.820. The molecule has 1 saturated heterocycles. The highest BCUT2D eigenvalue weighted by atomic mass is 19.1. The summed E-state index contributed by atoms with van der Waals surface area (Å²) in [6.07, 6.45) is 0.223. The molecule has 2 unspecified atom stereocenters. The summed E-state index contributed by atoms with van der Waals surface area (Å²) < 4.78 is 13.2. The molecule has 0 saturated carbocycles. The number of benzene rings is 2. The van der Waals surface area contributed by atoms with E-state index >= 15 is 0 Å². The molecule has 1 aliphatic rings. The van der Waals surface area contributed by atoms with Gasteiger partial charge in [0, 0.05) is 25.2 Å². The van der Waals surface area contributed by atoms with Gasteiger partial charge < -0.3 is 9.80 Å². The minimum atomic E-state index is -0.356. The number of nitrogens with zero attached hydrogens (tertiary/aromatic N) is 2. The molecule has 1 heterocycles. The van der Waals surface area contributed by atoms with Crippen LogP contribution >= 0.6 is 0 Å². The SMILES string of the molecule is CCN(C(=O)C1CC(=O)N(c2ccccc2)C1)C(C)c1ccc(F)cc1. The van der Waals surface area contributed by atoms with E-state index in [4.69, 9.17) is 0 Å². The Morgan fingerprint density at radius 2 is 1.85 bits per heavy atom. The van der Waals surface area contributed by atoms with E-state index in [-0.39, 0.29) is 36.0 Å². The van der Waals surface area contributed by atoms with E-state index < -0.39 is 0 Å². The van der Waals surface area contributed by atoms with Crippen molar-refractivity contribution in [2.24, 2.45) is 5.92 Å². The fourth-order valence-corrected chi connectivity index (χ4v) is 3.51. The average Bonchev–Trinajstić information content (AvgIpc) is 3.05. The maximum atomic E-state index is 13.2. The van der Waals surface area contributed by atoms with Crippen molar-refractivity contribution >= 4 is 17.5 Å². The van der Waals surface area contributed by atoms with Gasteiger partial charge in [-0.3, -0.25) is 9.59 Å². The van der Waals surface area contributed by atoms with Crippen LogP contribution in [0.2, 0.25) is 0 Å². The van der Waals surface area contributed by atoms with E-state index in [9.17, 15) is 14.0 Å². The lowest BCUT2D eigenvalue weighted by Gasteiger charge is -2.30. The number of amides is 2. The van der Waals surface area contributed by atoms with Crippen LogP contribution in [0, 0.1) is 11.7 Å². The van der Waals surface area contributed by atoms with Crippen LogP contribution < -0.4 is 4.90 Å². The van der Waals surface area contributed by atoms with Gasteiger partial charge in [0.15, 0.2) is 0 Å². The molecule has 4 nitrogen and oxygen atoms in total. The molecule has 0 radical (unpaired) electrons. The van der Waals surface area contributed by atoms with Crippen LogP contribution in [-0.2, 0) is 9.59 Å². The molecular formula is C21H23FN2O2. The lowest BCUT2D eigenvalue weighted by Crippen LogP contribution is -2.39. The van der Waals surface area contributed by atoms with E-state index in [2.05, 4.69) is 0 Å². The van der Waals surface area contributed by atoms with Crippen LogP contribution in [0.1, 0.15) is 31.9 Å². The van der Waals surface area contributed by atoms with Crippen molar-refractivity contribution in [2.45, 2.75) is 26.3 Å². The van der Waals surface area contributed by atoms with Crippen LogP contribution in [0.3, 0.4) is 0 Å². The molecule has 2 amide bonds. The number of hydrogen-bond donors (Lipinski definition) is 0. The largest absolute Gasteiger partial charge is 0.336 e. The minimum Gasteiger partial charge on any atom is -0.336 e. The minimum absolute atomic E-state index is 0.0277. The molecule has 1 fully saturated rings. The van der Waals surface area contributed by atoms with Gasteiger partial charge in [0.1, 0.15) is 5.82 Å². The number of carbonyl (C=O) groups excluding carboxylic acids is 2. The summed E-state index contributed by atoms with van der Waals surface area (Å²) in [6, 6.07) is 15.5. The third-order valence-electron chi connectivity index (χ3n) is 4.99. The molecule has 5 heteroatoms. The number of anilines is 1. The Morgan fingerprint density at radius 3 is 2.46 bits per heavy atom.